The maximum atomic E-state index is 13.2. The van der Waals surface area contributed by atoms with Gasteiger partial charge in [-0.05, 0) is 30.7 Å². The zero-order chi connectivity index (χ0) is 14.1. The molecule has 0 aliphatic heterocycles. The third-order valence-electron chi connectivity index (χ3n) is 2.86. The molecular formula is C14H12FN5. The summed E-state index contributed by atoms with van der Waals surface area (Å²) in [6.07, 6.45) is 6.02. The Morgan fingerprint density at radius 2 is 2.10 bits per heavy atom. The van der Waals surface area contributed by atoms with Crippen LogP contribution in [0.15, 0.2) is 43.0 Å². The molecule has 0 aliphatic carbocycles. The van der Waals surface area contributed by atoms with Crippen molar-refractivity contribution in [1.29, 1.82) is 0 Å². The third kappa shape index (κ3) is 2.23. The van der Waals surface area contributed by atoms with E-state index >= 15 is 0 Å². The Balaban J connectivity index is 2.08. The molecule has 3 rings (SSSR count). The van der Waals surface area contributed by atoms with Crippen molar-refractivity contribution in [1.82, 2.24) is 19.7 Å². The molecular weight excluding hydrogens is 257 g/mol. The Hall–Kier alpha value is -2.76. The van der Waals surface area contributed by atoms with Crippen LogP contribution in [0.2, 0.25) is 0 Å². The van der Waals surface area contributed by atoms with Crippen molar-refractivity contribution >= 4 is 5.69 Å². The van der Waals surface area contributed by atoms with Crippen LogP contribution in [0.3, 0.4) is 0 Å². The molecule has 3 aromatic heterocycles. The average molecular weight is 269 g/mol. The first kappa shape index (κ1) is 12.3. The second kappa shape index (κ2) is 4.73. The Labute approximate surface area is 114 Å². The second-order valence-corrected chi connectivity index (χ2v) is 4.46. The highest BCUT2D eigenvalue weighted by molar-refractivity contribution is 5.71. The monoisotopic (exact) mass is 269 g/mol. The molecule has 0 spiro atoms. The minimum absolute atomic E-state index is 0.426. The zero-order valence-corrected chi connectivity index (χ0v) is 10.8. The first-order chi connectivity index (χ1) is 9.63. The molecule has 0 amide bonds. The predicted octanol–water partition coefficient (Wildman–Crippen LogP) is 2.36. The van der Waals surface area contributed by atoms with Crippen molar-refractivity contribution in [2.24, 2.45) is 0 Å². The Bertz CT molecular complexity index is 766. The van der Waals surface area contributed by atoms with Gasteiger partial charge in [-0.3, -0.25) is 4.98 Å². The summed E-state index contributed by atoms with van der Waals surface area (Å²) in [6.45, 7) is 1.97. The van der Waals surface area contributed by atoms with E-state index in [4.69, 9.17) is 5.73 Å². The lowest BCUT2D eigenvalue weighted by Gasteiger charge is -2.00. The number of anilines is 1. The van der Waals surface area contributed by atoms with Crippen LogP contribution >= 0.6 is 0 Å². The van der Waals surface area contributed by atoms with Gasteiger partial charge in [0.15, 0.2) is 5.82 Å². The lowest BCUT2D eigenvalue weighted by molar-refractivity contribution is 0.622. The number of halogens is 1. The van der Waals surface area contributed by atoms with E-state index in [9.17, 15) is 4.39 Å². The highest BCUT2D eigenvalue weighted by Gasteiger charge is 2.11. The number of pyridine rings is 2. The molecule has 2 N–H and O–H groups in total. The van der Waals surface area contributed by atoms with Gasteiger partial charge in [0.2, 0.25) is 0 Å². The Morgan fingerprint density at radius 1 is 1.25 bits per heavy atom. The van der Waals surface area contributed by atoms with E-state index in [1.165, 1.54) is 12.3 Å². The standard InChI is InChI=1S/C14H12FN5/c1-9-2-3-18-13(4-9)20-8-12(16)14(19-20)10-5-11(15)7-17-6-10/h2-8H,16H2,1H3. The average Bonchev–Trinajstić information content (AvgIpc) is 2.81. The number of hydrogen-bond donors (Lipinski definition) is 1. The molecule has 5 nitrogen and oxygen atoms in total. The summed E-state index contributed by atoms with van der Waals surface area (Å²) in [5, 5.41) is 4.35. The van der Waals surface area contributed by atoms with E-state index in [1.54, 1.807) is 17.1 Å². The smallest absolute Gasteiger partial charge is 0.153 e. The van der Waals surface area contributed by atoms with E-state index in [-0.39, 0.29) is 0 Å². The molecule has 100 valence electrons. The summed E-state index contributed by atoms with van der Waals surface area (Å²) in [5.41, 5.74) is 8.47. The van der Waals surface area contributed by atoms with Gasteiger partial charge in [0.1, 0.15) is 11.5 Å². The molecule has 0 fully saturated rings. The van der Waals surface area contributed by atoms with E-state index in [0.717, 1.165) is 11.8 Å². The van der Waals surface area contributed by atoms with Gasteiger partial charge in [0.25, 0.3) is 0 Å². The number of nitrogen functional groups attached to an aromatic ring is 1. The van der Waals surface area contributed by atoms with Crippen LogP contribution in [0.5, 0.6) is 0 Å². The van der Waals surface area contributed by atoms with Crippen LogP contribution in [-0.2, 0) is 0 Å². The predicted molar refractivity (Wildman–Crippen MR) is 73.7 cm³/mol. The molecule has 0 atom stereocenters. The third-order valence-corrected chi connectivity index (χ3v) is 2.86. The number of aromatic nitrogens is 4. The van der Waals surface area contributed by atoms with Gasteiger partial charge in [-0.25, -0.2) is 14.1 Å². The Morgan fingerprint density at radius 3 is 2.85 bits per heavy atom. The molecule has 20 heavy (non-hydrogen) atoms. The largest absolute Gasteiger partial charge is 0.396 e. The molecule has 0 saturated heterocycles. The van der Waals surface area contributed by atoms with Crippen LogP contribution < -0.4 is 5.73 Å². The van der Waals surface area contributed by atoms with Crippen molar-refractivity contribution in [3.05, 3.63) is 54.4 Å². The van der Waals surface area contributed by atoms with E-state index in [1.807, 2.05) is 19.1 Å². The number of nitrogens with zero attached hydrogens (tertiary/aromatic N) is 4. The number of hydrogen-bond acceptors (Lipinski definition) is 4. The summed E-state index contributed by atoms with van der Waals surface area (Å²) in [5.74, 6) is 0.234. The Kier molecular flexibility index (Phi) is 2.90. The van der Waals surface area contributed by atoms with Crippen LogP contribution in [0.1, 0.15) is 5.56 Å². The molecule has 0 radical (unpaired) electrons. The van der Waals surface area contributed by atoms with Crippen molar-refractivity contribution in [3.63, 3.8) is 0 Å². The van der Waals surface area contributed by atoms with Crippen LogP contribution in [0.4, 0.5) is 10.1 Å². The number of nitrogens with two attached hydrogens (primary N) is 1. The number of aryl methyl sites for hydroxylation is 1. The minimum atomic E-state index is -0.426. The zero-order valence-electron chi connectivity index (χ0n) is 10.8. The summed E-state index contributed by atoms with van der Waals surface area (Å²) >= 11 is 0. The van der Waals surface area contributed by atoms with E-state index < -0.39 is 5.82 Å². The normalized spacial score (nSPS) is 10.7. The minimum Gasteiger partial charge on any atom is -0.396 e. The quantitative estimate of drug-likeness (QED) is 0.775. The molecule has 0 aliphatic rings. The highest BCUT2D eigenvalue weighted by Crippen LogP contribution is 2.24. The first-order valence-corrected chi connectivity index (χ1v) is 6.02. The van der Waals surface area contributed by atoms with Gasteiger partial charge < -0.3 is 5.73 Å². The summed E-state index contributed by atoms with van der Waals surface area (Å²) in [7, 11) is 0. The van der Waals surface area contributed by atoms with Crippen LogP contribution in [0.25, 0.3) is 17.1 Å². The molecule has 0 saturated carbocycles. The van der Waals surface area contributed by atoms with Gasteiger partial charge in [0.05, 0.1) is 18.1 Å². The van der Waals surface area contributed by atoms with Crippen LogP contribution in [0, 0.1) is 12.7 Å². The van der Waals surface area contributed by atoms with Gasteiger partial charge in [-0.2, -0.15) is 5.10 Å². The summed E-state index contributed by atoms with van der Waals surface area (Å²) < 4.78 is 14.8. The van der Waals surface area contributed by atoms with Crippen molar-refractivity contribution in [2.75, 3.05) is 5.73 Å². The fraction of sp³-hybridized carbons (Fsp3) is 0.0714. The van der Waals surface area contributed by atoms with Crippen molar-refractivity contribution in [3.8, 4) is 17.1 Å². The fourth-order valence-electron chi connectivity index (χ4n) is 1.92. The molecule has 3 aromatic rings. The maximum absolute atomic E-state index is 13.2. The lowest BCUT2D eigenvalue weighted by atomic mass is 10.2. The summed E-state index contributed by atoms with van der Waals surface area (Å²) in [6, 6.07) is 5.13. The maximum Gasteiger partial charge on any atom is 0.153 e. The van der Waals surface area contributed by atoms with Gasteiger partial charge in [0, 0.05) is 18.0 Å². The number of rotatable bonds is 2. The van der Waals surface area contributed by atoms with Crippen molar-refractivity contribution in [2.45, 2.75) is 6.92 Å². The van der Waals surface area contributed by atoms with E-state index in [0.29, 0.717) is 22.8 Å². The van der Waals surface area contributed by atoms with Gasteiger partial charge in [-0.1, -0.05) is 0 Å². The molecule has 3 heterocycles. The molecule has 6 heteroatoms. The van der Waals surface area contributed by atoms with E-state index in [2.05, 4.69) is 15.1 Å². The molecule has 0 aromatic carbocycles. The van der Waals surface area contributed by atoms with Gasteiger partial charge >= 0.3 is 0 Å². The lowest BCUT2D eigenvalue weighted by Crippen LogP contribution is -1.98. The topological polar surface area (TPSA) is 69.6 Å². The molecule has 0 bridgehead atoms. The molecule has 0 unspecified atom stereocenters. The SMILES string of the molecule is Cc1ccnc(-n2cc(N)c(-c3cncc(F)c3)n2)c1. The second-order valence-electron chi connectivity index (χ2n) is 4.46. The fourth-order valence-corrected chi connectivity index (χ4v) is 1.92. The van der Waals surface area contributed by atoms with Crippen molar-refractivity contribution < 1.29 is 4.39 Å². The van der Waals surface area contributed by atoms with Gasteiger partial charge in [-0.15, -0.1) is 0 Å². The van der Waals surface area contributed by atoms with Crippen LogP contribution in [-0.4, -0.2) is 19.7 Å². The first-order valence-electron chi connectivity index (χ1n) is 6.02. The highest BCUT2D eigenvalue weighted by atomic mass is 19.1. The summed E-state index contributed by atoms with van der Waals surface area (Å²) in [4.78, 5) is 8.03.